The molecule has 1 atom stereocenters. The molecule has 0 spiro atoms. The minimum atomic E-state index is -3.91. The number of hydrogen-bond donors (Lipinski definition) is 2. The number of hydrazine groups is 1. The molecule has 1 aliphatic heterocycles. The molecule has 134 valence electrons. The molecule has 1 heterocycles. The third kappa shape index (κ3) is 4.55. The Morgan fingerprint density at radius 2 is 1.75 bits per heavy atom. The summed E-state index contributed by atoms with van der Waals surface area (Å²) in [5, 5.41) is 0. The summed E-state index contributed by atoms with van der Waals surface area (Å²) in [6.07, 6.45) is 0.205. The van der Waals surface area contributed by atoms with Gasteiger partial charge in [-0.25, -0.2) is 16.8 Å². The van der Waals surface area contributed by atoms with Crippen molar-refractivity contribution in [2.75, 3.05) is 11.5 Å². The number of carbonyl (C=O) groups excluding carboxylic acids is 1. The van der Waals surface area contributed by atoms with Gasteiger partial charge in [-0.05, 0) is 29.5 Å². The molecule has 2 rings (SSSR count). The number of sulfone groups is 1. The van der Waals surface area contributed by atoms with Gasteiger partial charge < -0.3 is 0 Å². The monoisotopic (exact) mass is 374 g/mol. The van der Waals surface area contributed by atoms with Crippen LogP contribution in [-0.4, -0.2) is 34.2 Å². The number of amides is 1. The predicted octanol–water partition coefficient (Wildman–Crippen LogP) is 0.728. The Bertz CT molecular complexity index is 822. The lowest BCUT2D eigenvalue weighted by Crippen LogP contribution is -2.44. The average Bonchev–Trinajstić information content (AvgIpc) is 2.84. The highest BCUT2D eigenvalue weighted by Crippen LogP contribution is 2.23. The van der Waals surface area contributed by atoms with Crippen LogP contribution in [0.1, 0.15) is 32.8 Å². The van der Waals surface area contributed by atoms with Crippen LogP contribution in [0, 0.1) is 5.92 Å². The summed E-state index contributed by atoms with van der Waals surface area (Å²) in [6, 6.07) is 6.38. The molecule has 0 radical (unpaired) electrons. The average molecular weight is 374 g/mol. The van der Waals surface area contributed by atoms with Crippen molar-refractivity contribution in [3.63, 3.8) is 0 Å². The molecule has 1 saturated heterocycles. The second-order valence-corrected chi connectivity index (χ2v) is 10.9. The van der Waals surface area contributed by atoms with Crippen LogP contribution in [0.15, 0.2) is 29.2 Å². The number of rotatable bonds is 4. The SMILES string of the molecule is CC(C)(C)c1ccc(S(=O)(=O)NNC(=O)[C@@H]2CCS(=O)(=O)C2)cc1. The van der Waals surface area contributed by atoms with Gasteiger partial charge in [0, 0.05) is 0 Å². The minimum Gasteiger partial charge on any atom is -0.277 e. The van der Waals surface area contributed by atoms with Gasteiger partial charge in [0.05, 0.1) is 22.3 Å². The summed E-state index contributed by atoms with van der Waals surface area (Å²) in [7, 11) is -7.11. The van der Waals surface area contributed by atoms with Gasteiger partial charge in [-0.1, -0.05) is 32.9 Å². The quantitative estimate of drug-likeness (QED) is 0.755. The Balaban J connectivity index is 2.02. The van der Waals surface area contributed by atoms with Gasteiger partial charge >= 0.3 is 0 Å². The van der Waals surface area contributed by atoms with Crippen LogP contribution in [0.5, 0.6) is 0 Å². The highest BCUT2D eigenvalue weighted by atomic mass is 32.2. The first-order chi connectivity index (χ1) is 10.9. The van der Waals surface area contributed by atoms with E-state index in [4.69, 9.17) is 0 Å². The molecule has 0 aliphatic carbocycles. The predicted molar refractivity (Wildman–Crippen MR) is 90.4 cm³/mol. The molecular weight excluding hydrogens is 352 g/mol. The summed E-state index contributed by atoms with van der Waals surface area (Å²) in [6.45, 7) is 6.06. The van der Waals surface area contributed by atoms with Gasteiger partial charge in [0.15, 0.2) is 9.84 Å². The van der Waals surface area contributed by atoms with Crippen molar-refractivity contribution < 1.29 is 21.6 Å². The molecule has 1 aromatic rings. The molecular formula is C15H22N2O5S2. The first-order valence-electron chi connectivity index (χ1n) is 7.53. The van der Waals surface area contributed by atoms with Crippen LogP contribution in [-0.2, 0) is 30.1 Å². The van der Waals surface area contributed by atoms with Gasteiger partial charge in [-0.3, -0.25) is 10.2 Å². The zero-order valence-corrected chi connectivity index (χ0v) is 15.5. The lowest BCUT2D eigenvalue weighted by molar-refractivity contribution is -0.124. The third-order valence-electron chi connectivity index (χ3n) is 3.94. The van der Waals surface area contributed by atoms with Crippen LogP contribution in [0.2, 0.25) is 0 Å². The fourth-order valence-electron chi connectivity index (χ4n) is 2.41. The largest absolute Gasteiger partial charge is 0.277 e. The van der Waals surface area contributed by atoms with E-state index >= 15 is 0 Å². The molecule has 2 N–H and O–H groups in total. The Labute approximate surface area is 142 Å². The molecule has 0 aromatic heterocycles. The topological polar surface area (TPSA) is 109 Å². The smallest absolute Gasteiger partial charge is 0.257 e. The van der Waals surface area contributed by atoms with Gasteiger partial charge in [0.25, 0.3) is 10.0 Å². The van der Waals surface area contributed by atoms with Gasteiger partial charge in [-0.15, -0.1) is 4.83 Å². The lowest BCUT2D eigenvalue weighted by atomic mass is 9.87. The van der Waals surface area contributed by atoms with E-state index in [1.54, 1.807) is 12.1 Å². The third-order valence-corrected chi connectivity index (χ3v) is 6.97. The van der Waals surface area contributed by atoms with E-state index in [0.29, 0.717) is 0 Å². The molecule has 7 nitrogen and oxygen atoms in total. The standard InChI is InChI=1S/C15H22N2O5S2/c1-15(2,3)12-4-6-13(7-5-12)24(21,22)17-16-14(18)11-8-9-23(19,20)10-11/h4-7,11,17H,8-10H2,1-3H3,(H,16,18)/t11-/m1/s1. The zero-order valence-electron chi connectivity index (χ0n) is 13.9. The molecule has 0 unspecified atom stereocenters. The van der Waals surface area contributed by atoms with Crippen molar-refractivity contribution >= 4 is 25.8 Å². The molecule has 1 amide bonds. The van der Waals surface area contributed by atoms with Crippen molar-refractivity contribution in [3.05, 3.63) is 29.8 Å². The van der Waals surface area contributed by atoms with E-state index in [1.165, 1.54) is 12.1 Å². The van der Waals surface area contributed by atoms with E-state index in [-0.39, 0.29) is 28.2 Å². The zero-order chi connectivity index (χ0) is 18.2. The van der Waals surface area contributed by atoms with Crippen molar-refractivity contribution in [2.45, 2.75) is 37.5 Å². The van der Waals surface area contributed by atoms with E-state index < -0.39 is 31.7 Å². The van der Waals surface area contributed by atoms with Gasteiger partial charge in [0.2, 0.25) is 5.91 Å². The fraction of sp³-hybridized carbons (Fsp3) is 0.533. The summed E-state index contributed by atoms with van der Waals surface area (Å²) < 4.78 is 47.1. The Morgan fingerprint density at radius 1 is 1.17 bits per heavy atom. The minimum absolute atomic E-state index is 0.0230. The molecule has 1 aromatic carbocycles. The first kappa shape index (κ1) is 18.9. The number of benzene rings is 1. The summed E-state index contributed by atoms with van der Waals surface area (Å²) in [5.41, 5.74) is 2.99. The lowest BCUT2D eigenvalue weighted by Gasteiger charge is -2.19. The Kier molecular flexibility index (Phi) is 5.08. The molecule has 24 heavy (non-hydrogen) atoms. The first-order valence-corrected chi connectivity index (χ1v) is 10.8. The molecule has 0 saturated carbocycles. The highest BCUT2D eigenvalue weighted by molar-refractivity contribution is 7.91. The van der Waals surface area contributed by atoms with Crippen molar-refractivity contribution in [1.29, 1.82) is 0 Å². The van der Waals surface area contributed by atoms with Crippen LogP contribution in [0.4, 0.5) is 0 Å². The van der Waals surface area contributed by atoms with Gasteiger partial charge in [-0.2, -0.15) is 0 Å². The molecule has 1 aliphatic rings. The number of hydrogen-bond acceptors (Lipinski definition) is 5. The Morgan fingerprint density at radius 3 is 2.21 bits per heavy atom. The van der Waals surface area contributed by atoms with E-state index in [2.05, 4.69) is 5.43 Å². The van der Waals surface area contributed by atoms with Crippen molar-refractivity contribution in [1.82, 2.24) is 10.3 Å². The summed E-state index contributed by atoms with van der Waals surface area (Å²) >= 11 is 0. The van der Waals surface area contributed by atoms with E-state index in [0.717, 1.165) is 5.56 Å². The van der Waals surface area contributed by atoms with E-state index in [1.807, 2.05) is 25.6 Å². The second-order valence-electron chi connectivity index (χ2n) is 6.97. The number of carbonyl (C=O) groups is 1. The molecule has 9 heteroatoms. The maximum absolute atomic E-state index is 12.2. The van der Waals surface area contributed by atoms with E-state index in [9.17, 15) is 21.6 Å². The van der Waals surface area contributed by atoms with Crippen molar-refractivity contribution in [3.8, 4) is 0 Å². The van der Waals surface area contributed by atoms with Crippen LogP contribution >= 0.6 is 0 Å². The highest BCUT2D eigenvalue weighted by Gasteiger charge is 2.33. The fourth-order valence-corrected chi connectivity index (χ4v) is 5.00. The van der Waals surface area contributed by atoms with Crippen LogP contribution in [0.3, 0.4) is 0 Å². The van der Waals surface area contributed by atoms with Gasteiger partial charge in [0.1, 0.15) is 0 Å². The molecule has 1 fully saturated rings. The number of sulfonamides is 1. The molecule has 0 bridgehead atoms. The van der Waals surface area contributed by atoms with Crippen LogP contribution < -0.4 is 10.3 Å². The summed E-state index contributed by atoms with van der Waals surface area (Å²) in [4.78, 5) is 13.9. The second kappa shape index (κ2) is 6.45. The maximum atomic E-state index is 12.2. The number of nitrogens with one attached hydrogen (secondary N) is 2. The normalized spacial score (nSPS) is 20.7. The maximum Gasteiger partial charge on any atom is 0.257 e. The summed E-state index contributed by atoms with van der Waals surface area (Å²) in [5.74, 6) is -1.65. The van der Waals surface area contributed by atoms with Crippen LogP contribution in [0.25, 0.3) is 0 Å². The Hall–Kier alpha value is -1.45. The van der Waals surface area contributed by atoms with Crippen molar-refractivity contribution in [2.24, 2.45) is 5.92 Å².